The maximum absolute atomic E-state index is 12.5. The quantitative estimate of drug-likeness (QED) is 0.208. The van der Waals surface area contributed by atoms with Crippen LogP contribution in [0.25, 0.3) is 0 Å². The Balaban J connectivity index is 2.97. The monoisotopic (exact) mass is 418 g/mol. The Hall–Kier alpha value is -1.35. The normalized spacial score (nSPS) is 21.2. The molecular weight excluding hydrogens is 380 g/mol. The lowest BCUT2D eigenvalue weighted by Crippen LogP contribution is -2.50. The lowest BCUT2D eigenvalue weighted by Gasteiger charge is -2.34. The fourth-order valence-electron chi connectivity index (χ4n) is 3.28. The highest BCUT2D eigenvalue weighted by Gasteiger charge is 2.56. The Morgan fingerprint density at radius 3 is 2.14 bits per heavy atom. The molecule has 3 atom stereocenters. The summed E-state index contributed by atoms with van der Waals surface area (Å²) in [6, 6.07) is 0. The number of unbranched alkanes of at least 4 members (excludes halogenated alkanes) is 6. The molecule has 0 saturated heterocycles. The number of hydrogen-bond acceptors (Lipinski definition) is 8. The van der Waals surface area contributed by atoms with E-state index < -0.39 is 37.0 Å². The van der Waals surface area contributed by atoms with Crippen LogP contribution in [-0.2, 0) is 19.0 Å². The van der Waals surface area contributed by atoms with E-state index in [-0.39, 0.29) is 24.5 Å². The Kier molecular flexibility index (Phi) is 12.2. The third kappa shape index (κ3) is 7.44. The van der Waals surface area contributed by atoms with Crippen molar-refractivity contribution in [1.29, 1.82) is 0 Å². The second-order valence-electron chi connectivity index (χ2n) is 7.49. The van der Waals surface area contributed by atoms with Crippen molar-refractivity contribution >= 4 is 5.97 Å². The Bertz CT molecular complexity index is 507. The molecule has 1 rings (SSSR count). The fraction of sp³-hybridized carbons (Fsp3) is 0.857. The van der Waals surface area contributed by atoms with Gasteiger partial charge >= 0.3 is 5.97 Å². The summed E-state index contributed by atoms with van der Waals surface area (Å²) in [4.78, 5) is 12.5. The number of carbonyl (C=O) groups excluding carboxylic acids is 1. The zero-order valence-electron chi connectivity index (χ0n) is 17.8. The number of rotatable bonds is 17. The van der Waals surface area contributed by atoms with Crippen molar-refractivity contribution in [2.75, 3.05) is 26.4 Å². The van der Waals surface area contributed by atoms with Crippen LogP contribution in [0.4, 0.5) is 0 Å². The van der Waals surface area contributed by atoms with Crippen LogP contribution in [0.1, 0.15) is 71.6 Å². The van der Waals surface area contributed by atoms with Crippen molar-refractivity contribution in [1.82, 2.24) is 0 Å². The van der Waals surface area contributed by atoms with Crippen LogP contribution in [0.2, 0.25) is 0 Å². The number of cyclic esters (lactones) is 1. The second kappa shape index (κ2) is 13.8. The van der Waals surface area contributed by atoms with E-state index in [1.54, 1.807) is 0 Å². The number of aliphatic hydroxyl groups excluding tert-OH is 4. The summed E-state index contributed by atoms with van der Waals surface area (Å²) in [5, 5.41) is 39.1. The first kappa shape index (κ1) is 25.7. The molecular formula is C21H38O8. The summed E-state index contributed by atoms with van der Waals surface area (Å²) in [5.74, 6) is -0.955. The first-order valence-electron chi connectivity index (χ1n) is 10.8. The minimum absolute atomic E-state index is 0.0176. The first-order valence-corrected chi connectivity index (χ1v) is 10.8. The van der Waals surface area contributed by atoms with E-state index in [1.807, 2.05) is 6.92 Å². The summed E-state index contributed by atoms with van der Waals surface area (Å²) < 4.78 is 16.8. The SMILES string of the molecule is CCCCCCCCOC1=C(OCCCC)[C@@](CC(O)CO)([C@@H](O)CO)OC1=O. The minimum Gasteiger partial charge on any atom is -0.490 e. The van der Waals surface area contributed by atoms with Crippen molar-refractivity contribution in [2.24, 2.45) is 0 Å². The molecule has 8 nitrogen and oxygen atoms in total. The molecule has 0 fully saturated rings. The summed E-state index contributed by atoms with van der Waals surface area (Å²) in [6.07, 6.45) is 4.80. The van der Waals surface area contributed by atoms with Gasteiger partial charge in [0.1, 0.15) is 6.10 Å². The van der Waals surface area contributed by atoms with Gasteiger partial charge in [-0.25, -0.2) is 4.79 Å². The molecule has 0 radical (unpaired) electrons. The molecule has 8 heteroatoms. The molecule has 0 aromatic rings. The van der Waals surface area contributed by atoms with Gasteiger partial charge in [0.25, 0.3) is 0 Å². The molecule has 1 unspecified atom stereocenters. The number of aliphatic hydroxyl groups is 4. The summed E-state index contributed by atoms with van der Waals surface area (Å²) in [7, 11) is 0. The van der Waals surface area contributed by atoms with Gasteiger partial charge in [0.2, 0.25) is 11.4 Å². The number of carbonyl (C=O) groups is 1. The first-order chi connectivity index (χ1) is 14.0. The third-order valence-corrected chi connectivity index (χ3v) is 5.00. The van der Waals surface area contributed by atoms with E-state index in [4.69, 9.17) is 14.2 Å². The zero-order valence-corrected chi connectivity index (χ0v) is 17.8. The van der Waals surface area contributed by atoms with Crippen LogP contribution < -0.4 is 0 Å². The second-order valence-corrected chi connectivity index (χ2v) is 7.49. The Morgan fingerprint density at radius 2 is 1.52 bits per heavy atom. The highest BCUT2D eigenvalue weighted by Crippen LogP contribution is 2.41. The van der Waals surface area contributed by atoms with Gasteiger partial charge in [-0.3, -0.25) is 0 Å². The number of hydrogen-bond donors (Lipinski definition) is 4. The molecule has 29 heavy (non-hydrogen) atoms. The van der Waals surface area contributed by atoms with Gasteiger partial charge in [-0.2, -0.15) is 0 Å². The largest absolute Gasteiger partial charge is 0.490 e. The van der Waals surface area contributed by atoms with Gasteiger partial charge in [0, 0.05) is 6.42 Å². The van der Waals surface area contributed by atoms with Crippen molar-refractivity contribution < 1.29 is 39.4 Å². The van der Waals surface area contributed by atoms with Crippen LogP contribution in [0.3, 0.4) is 0 Å². The number of ether oxygens (including phenoxy) is 3. The third-order valence-electron chi connectivity index (χ3n) is 5.00. The Labute approximate surface area is 173 Å². The van der Waals surface area contributed by atoms with Crippen LogP contribution in [0.5, 0.6) is 0 Å². The van der Waals surface area contributed by atoms with E-state index >= 15 is 0 Å². The summed E-state index contributed by atoms with van der Waals surface area (Å²) in [5.41, 5.74) is -1.79. The molecule has 1 aliphatic heterocycles. The van der Waals surface area contributed by atoms with Crippen molar-refractivity contribution in [3.05, 3.63) is 11.5 Å². The molecule has 0 aromatic heterocycles. The maximum Gasteiger partial charge on any atom is 0.378 e. The lowest BCUT2D eigenvalue weighted by molar-refractivity contribution is -0.171. The molecule has 4 N–H and O–H groups in total. The summed E-state index contributed by atoms with van der Waals surface area (Å²) >= 11 is 0. The minimum atomic E-state index is -1.79. The van der Waals surface area contributed by atoms with Gasteiger partial charge in [0.05, 0.1) is 32.5 Å². The van der Waals surface area contributed by atoms with Crippen LogP contribution >= 0.6 is 0 Å². The van der Waals surface area contributed by atoms with Crippen molar-refractivity contribution in [3.63, 3.8) is 0 Å². The maximum atomic E-state index is 12.5. The van der Waals surface area contributed by atoms with E-state index in [9.17, 15) is 25.2 Å². The van der Waals surface area contributed by atoms with E-state index in [1.165, 1.54) is 12.8 Å². The average molecular weight is 419 g/mol. The topological polar surface area (TPSA) is 126 Å². The molecule has 0 spiro atoms. The highest BCUT2D eigenvalue weighted by molar-refractivity contribution is 5.90. The fourth-order valence-corrected chi connectivity index (χ4v) is 3.28. The summed E-state index contributed by atoms with van der Waals surface area (Å²) in [6.45, 7) is 3.40. The highest BCUT2D eigenvalue weighted by atomic mass is 16.6. The van der Waals surface area contributed by atoms with Crippen molar-refractivity contribution in [3.8, 4) is 0 Å². The van der Waals surface area contributed by atoms with E-state index in [0.29, 0.717) is 13.0 Å². The van der Waals surface area contributed by atoms with Gasteiger partial charge in [-0.1, -0.05) is 52.4 Å². The molecule has 0 aliphatic carbocycles. The van der Waals surface area contributed by atoms with Crippen molar-refractivity contribution in [2.45, 2.75) is 89.4 Å². The predicted molar refractivity (Wildman–Crippen MR) is 107 cm³/mol. The molecule has 0 amide bonds. The smallest absolute Gasteiger partial charge is 0.378 e. The zero-order chi connectivity index (χ0) is 21.7. The lowest BCUT2D eigenvalue weighted by atomic mass is 9.88. The molecule has 0 aromatic carbocycles. The van der Waals surface area contributed by atoms with Crippen LogP contribution in [0, 0.1) is 0 Å². The number of esters is 1. The molecule has 0 saturated carbocycles. The van der Waals surface area contributed by atoms with E-state index in [0.717, 1.165) is 32.1 Å². The van der Waals surface area contributed by atoms with Gasteiger partial charge in [-0.15, -0.1) is 0 Å². The van der Waals surface area contributed by atoms with E-state index in [2.05, 4.69) is 6.92 Å². The van der Waals surface area contributed by atoms with Crippen LogP contribution in [-0.4, -0.2) is 70.6 Å². The van der Waals surface area contributed by atoms with Crippen LogP contribution in [0.15, 0.2) is 11.5 Å². The van der Waals surface area contributed by atoms with Gasteiger partial charge in [-0.05, 0) is 12.8 Å². The molecule has 0 bridgehead atoms. The molecule has 170 valence electrons. The molecule has 1 aliphatic rings. The average Bonchev–Trinajstić information content (AvgIpc) is 2.98. The standard InChI is InChI=1S/C21H38O8/c1-3-5-7-8-9-10-12-27-18-19(28-11-6-4-2)21(17(25)15-23,29-20(18)26)13-16(24)14-22/h16-17,22-25H,3-15H2,1-2H3/t16?,17-,21+/m0/s1. The van der Waals surface area contributed by atoms with Gasteiger partial charge in [0.15, 0.2) is 5.76 Å². The van der Waals surface area contributed by atoms with Gasteiger partial charge < -0.3 is 34.6 Å². The predicted octanol–water partition coefficient (Wildman–Crippen LogP) is 1.78. The Morgan fingerprint density at radius 1 is 0.897 bits per heavy atom. The molecule has 1 heterocycles.